The summed E-state index contributed by atoms with van der Waals surface area (Å²) in [5, 5.41) is 2.93. The Bertz CT molecular complexity index is 540. The molecule has 0 spiro atoms. The van der Waals surface area contributed by atoms with Crippen molar-refractivity contribution < 1.29 is 14.3 Å². The van der Waals surface area contributed by atoms with Crippen molar-refractivity contribution >= 4 is 23.7 Å². The molecule has 1 saturated heterocycles. The minimum absolute atomic E-state index is 0.0286. The Morgan fingerprint density at radius 1 is 1.38 bits per heavy atom. The Morgan fingerprint density at radius 3 is 2.90 bits per heavy atom. The Balaban J connectivity index is 1.65. The van der Waals surface area contributed by atoms with Crippen LogP contribution in [0.5, 0.6) is 11.5 Å². The zero-order valence-corrected chi connectivity index (χ0v) is 12.9. The summed E-state index contributed by atoms with van der Waals surface area (Å²) in [7, 11) is 2.01. The molecule has 1 aromatic rings. The molecule has 1 aromatic carbocycles. The van der Waals surface area contributed by atoms with Gasteiger partial charge in [-0.15, -0.1) is 0 Å². The van der Waals surface area contributed by atoms with Crippen molar-refractivity contribution in [3.8, 4) is 11.5 Å². The van der Waals surface area contributed by atoms with Crippen LogP contribution in [0.4, 0.5) is 5.69 Å². The summed E-state index contributed by atoms with van der Waals surface area (Å²) in [6, 6.07) is 5.61. The number of nitrogens with one attached hydrogen (secondary N) is 2. The van der Waals surface area contributed by atoms with Crippen LogP contribution in [0.2, 0.25) is 0 Å². The van der Waals surface area contributed by atoms with Gasteiger partial charge in [0.2, 0.25) is 5.91 Å². The normalized spacial score (nSPS) is 25.4. The fourth-order valence-corrected chi connectivity index (χ4v) is 3.05. The van der Waals surface area contributed by atoms with Gasteiger partial charge in [0.25, 0.3) is 0 Å². The molecule has 1 fully saturated rings. The maximum atomic E-state index is 12.3. The molecule has 1 amide bonds. The molecule has 2 N–H and O–H groups in total. The molecule has 7 heteroatoms. The van der Waals surface area contributed by atoms with Crippen molar-refractivity contribution in [2.24, 2.45) is 0 Å². The summed E-state index contributed by atoms with van der Waals surface area (Å²) in [6.45, 7) is 3.21. The average Bonchev–Trinajstić information content (AvgIpc) is 2.50. The van der Waals surface area contributed by atoms with E-state index in [-0.39, 0.29) is 11.9 Å². The predicted molar refractivity (Wildman–Crippen MR) is 82.4 cm³/mol. The molecule has 2 heterocycles. The number of hydrogen-bond donors (Lipinski definition) is 2. The summed E-state index contributed by atoms with van der Waals surface area (Å²) >= 11 is 1.47. The second kappa shape index (κ2) is 6.13. The Morgan fingerprint density at radius 2 is 2.14 bits per heavy atom. The first-order valence-corrected chi connectivity index (χ1v) is 7.76. The molecule has 0 bridgehead atoms. The minimum Gasteiger partial charge on any atom is -0.486 e. The fraction of sp³-hybridized carbons (Fsp3) is 0.500. The van der Waals surface area contributed by atoms with Crippen LogP contribution in [0.1, 0.15) is 13.3 Å². The number of hydrogen-bond acceptors (Lipinski definition) is 6. The third-order valence-electron chi connectivity index (χ3n) is 3.66. The molecule has 2 atom stereocenters. The summed E-state index contributed by atoms with van der Waals surface area (Å²) in [4.78, 5) is 12.3. The standard InChI is InChI=1S/C14H19N3O3S/c1-9-7-11(16-21-17(9)2)14(18)15-10-3-4-12-13(8-10)20-6-5-19-12/h3-4,8-9,11,16H,5-7H2,1-2H3,(H,15,18). The molecule has 6 nitrogen and oxygen atoms in total. The van der Waals surface area contributed by atoms with Gasteiger partial charge in [0.1, 0.15) is 13.2 Å². The van der Waals surface area contributed by atoms with E-state index in [4.69, 9.17) is 9.47 Å². The number of nitrogens with zero attached hydrogens (tertiary/aromatic N) is 1. The van der Waals surface area contributed by atoms with Crippen molar-refractivity contribution in [1.82, 2.24) is 9.03 Å². The zero-order chi connectivity index (χ0) is 14.8. The second-order valence-corrected chi connectivity index (χ2v) is 6.23. The van der Waals surface area contributed by atoms with Gasteiger partial charge in [-0.1, -0.05) is 0 Å². The van der Waals surface area contributed by atoms with Crippen LogP contribution >= 0.6 is 12.1 Å². The lowest BCUT2D eigenvalue weighted by Crippen LogP contribution is -2.47. The highest BCUT2D eigenvalue weighted by Gasteiger charge is 2.28. The molecule has 0 radical (unpaired) electrons. The van der Waals surface area contributed by atoms with Crippen molar-refractivity contribution in [3.63, 3.8) is 0 Å². The van der Waals surface area contributed by atoms with E-state index < -0.39 is 0 Å². The van der Waals surface area contributed by atoms with Crippen molar-refractivity contribution in [2.45, 2.75) is 25.4 Å². The number of benzene rings is 1. The van der Waals surface area contributed by atoms with Crippen LogP contribution in [0.3, 0.4) is 0 Å². The first kappa shape index (κ1) is 14.5. The number of amides is 1. The maximum Gasteiger partial charge on any atom is 0.242 e. The number of ether oxygens (including phenoxy) is 2. The molecular formula is C14H19N3O3S. The van der Waals surface area contributed by atoms with Gasteiger partial charge in [-0.05, 0) is 32.5 Å². The molecule has 0 aromatic heterocycles. The second-order valence-electron chi connectivity index (χ2n) is 5.24. The number of rotatable bonds is 2. The lowest BCUT2D eigenvalue weighted by molar-refractivity contribution is -0.118. The molecule has 2 aliphatic heterocycles. The third-order valence-corrected chi connectivity index (χ3v) is 4.70. The largest absolute Gasteiger partial charge is 0.486 e. The van der Waals surface area contributed by atoms with Crippen LogP contribution < -0.4 is 19.5 Å². The van der Waals surface area contributed by atoms with Gasteiger partial charge in [0.15, 0.2) is 11.5 Å². The first-order valence-electron chi connectivity index (χ1n) is 6.99. The monoisotopic (exact) mass is 309 g/mol. The van der Waals surface area contributed by atoms with Crippen molar-refractivity contribution in [3.05, 3.63) is 18.2 Å². The average molecular weight is 309 g/mol. The summed E-state index contributed by atoms with van der Waals surface area (Å²) in [6.07, 6.45) is 0.778. The molecule has 21 heavy (non-hydrogen) atoms. The van der Waals surface area contributed by atoms with Crippen LogP contribution in [0, 0.1) is 0 Å². The maximum absolute atomic E-state index is 12.3. The summed E-state index contributed by atoms with van der Waals surface area (Å²) in [5.41, 5.74) is 0.725. The molecule has 0 saturated carbocycles. The highest BCUT2D eigenvalue weighted by atomic mass is 32.2. The quantitative estimate of drug-likeness (QED) is 0.810. The lowest BCUT2D eigenvalue weighted by atomic mass is 10.1. The molecule has 114 valence electrons. The first-order chi connectivity index (χ1) is 10.1. The van der Waals surface area contributed by atoms with Crippen molar-refractivity contribution in [2.75, 3.05) is 25.6 Å². The van der Waals surface area contributed by atoms with E-state index in [1.54, 1.807) is 6.07 Å². The van der Waals surface area contributed by atoms with Gasteiger partial charge in [0, 0.05) is 29.9 Å². The van der Waals surface area contributed by atoms with Gasteiger partial charge in [-0.25, -0.2) is 9.03 Å². The highest BCUT2D eigenvalue weighted by Crippen LogP contribution is 2.32. The zero-order valence-electron chi connectivity index (χ0n) is 12.1. The van der Waals surface area contributed by atoms with E-state index in [2.05, 4.69) is 21.3 Å². The Hall–Kier alpha value is -1.44. The number of anilines is 1. The predicted octanol–water partition coefficient (Wildman–Crippen LogP) is 1.64. The smallest absolute Gasteiger partial charge is 0.242 e. The van der Waals surface area contributed by atoms with E-state index in [1.165, 1.54) is 12.1 Å². The molecule has 2 unspecified atom stereocenters. The highest BCUT2D eigenvalue weighted by molar-refractivity contribution is 7.95. The van der Waals surface area contributed by atoms with Crippen molar-refractivity contribution in [1.29, 1.82) is 0 Å². The fourth-order valence-electron chi connectivity index (χ4n) is 2.29. The molecule has 3 rings (SSSR count). The van der Waals surface area contributed by atoms with E-state index in [1.807, 2.05) is 19.2 Å². The molecule has 2 aliphatic rings. The van der Waals surface area contributed by atoms with Crippen LogP contribution in [-0.2, 0) is 4.79 Å². The molecule has 0 aliphatic carbocycles. The Kier molecular flexibility index (Phi) is 4.23. The molecular weight excluding hydrogens is 290 g/mol. The van der Waals surface area contributed by atoms with Gasteiger partial charge in [-0.3, -0.25) is 4.79 Å². The Labute approximate surface area is 128 Å². The van der Waals surface area contributed by atoms with Crippen LogP contribution in [-0.4, -0.2) is 42.6 Å². The van der Waals surface area contributed by atoms with E-state index >= 15 is 0 Å². The minimum atomic E-state index is -0.200. The van der Waals surface area contributed by atoms with Gasteiger partial charge in [-0.2, -0.15) is 0 Å². The van der Waals surface area contributed by atoms with Crippen LogP contribution in [0.15, 0.2) is 18.2 Å². The van der Waals surface area contributed by atoms with Gasteiger partial charge >= 0.3 is 0 Å². The van der Waals surface area contributed by atoms with Gasteiger partial charge in [0.05, 0.1) is 6.04 Å². The summed E-state index contributed by atoms with van der Waals surface area (Å²) in [5.74, 6) is 1.37. The van der Waals surface area contributed by atoms with Crippen LogP contribution in [0.25, 0.3) is 0 Å². The topological polar surface area (TPSA) is 62.8 Å². The van der Waals surface area contributed by atoms with E-state index in [0.29, 0.717) is 25.0 Å². The number of fused-ring (bicyclic) bond motifs is 1. The summed E-state index contributed by atoms with van der Waals surface area (Å²) < 4.78 is 16.2. The van der Waals surface area contributed by atoms with E-state index in [9.17, 15) is 4.79 Å². The van der Waals surface area contributed by atoms with Gasteiger partial charge < -0.3 is 14.8 Å². The van der Waals surface area contributed by atoms with E-state index in [0.717, 1.165) is 17.9 Å². The SMILES string of the molecule is CC1CC(C(=O)Nc2ccc3c(c2)OCCO3)NSN1C. The number of carbonyl (C=O) groups excluding carboxylic acids is 1. The number of carbonyl (C=O) groups is 1. The lowest BCUT2D eigenvalue weighted by Gasteiger charge is -2.33. The third kappa shape index (κ3) is 3.25.